The third-order valence-corrected chi connectivity index (χ3v) is 7.32. The fraction of sp³-hybridized carbons (Fsp3) is 0.667. The topological polar surface area (TPSA) is 153 Å². The normalized spacial score (nSPS) is 36.2. The van der Waals surface area contributed by atoms with E-state index < -0.39 is 54.7 Å². The fourth-order valence-corrected chi connectivity index (χ4v) is 5.41. The molecule has 0 aromatic heterocycles. The number of ketones is 1. The van der Waals surface area contributed by atoms with Crippen molar-refractivity contribution in [2.75, 3.05) is 34.2 Å². The molecule has 4 heterocycles. The molecule has 2 fully saturated rings. The van der Waals surface area contributed by atoms with E-state index in [-0.39, 0.29) is 38.7 Å². The molecular weight excluding hydrogens is 478 g/mol. The predicted molar refractivity (Wildman–Crippen MR) is 119 cm³/mol. The van der Waals surface area contributed by atoms with Crippen LogP contribution in [0, 0.1) is 0 Å². The first kappa shape index (κ1) is 25.3. The van der Waals surface area contributed by atoms with Crippen LogP contribution in [0.5, 0.6) is 11.5 Å². The first-order valence-electron chi connectivity index (χ1n) is 11.9. The number of benzene rings is 1. The Balaban J connectivity index is 1.42. The molecule has 0 unspecified atom stereocenters. The van der Waals surface area contributed by atoms with Gasteiger partial charge in [0.2, 0.25) is 6.79 Å². The molecule has 0 radical (unpaired) electrons. The molecule has 12 heteroatoms. The third-order valence-electron chi connectivity index (χ3n) is 7.32. The summed E-state index contributed by atoms with van der Waals surface area (Å²) in [6, 6.07) is 3.56. The number of amides is 1. The van der Waals surface area contributed by atoms with Crippen molar-refractivity contribution in [3.05, 3.63) is 23.3 Å². The summed E-state index contributed by atoms with van der Waals surface area (Å²) in [6.45, 7) is 0.575. The minimum Gasteiger partial charge on any atom is -0.454 e. The minimum atomic E-state index is -1.68. The number of aliphatic hydroxyl groups is 3. The number of nitrogens with zero attached hydrogens (tertiary/aromatic N) is 1. The number of carbonyl (C=O) groups excluding carboxylic acids is 2. The molecule has 1 aromatic rings. The van der Waals surface area contributed by atoms with Crippen molar-refractivity contribution in [3.63, 3.8) is 0 Å². The van der Waals surface area contributed by atoms with Crippen molar-refractivity contribution in [1.29, 1.82) is 0 Å². The smallest absolute Gasteiger partial charge is 0.254 e. The Hall–Kier alpha value is -2.32. The van der Waals surface area contributed by atoms with Gasteiger partial charge in [-0.1, -0.05) is 0 Å². The van der Waals surface area contributed by atoms with E-state index in [2.05, 4.69) is 0 Å². The molecule has 2 saturated heterocycles. The van der Waals surface area contributed by atoms with Gasteiger partial charge in [0.15, 0.2) is 23.9 Å². The Morgan fingerprint density at radius 3 is 2.56 bits per heavy atom. The molecule has 198 valence electrons. The largest absolute Gasteiger partial charge is 0.454 e. The fourth-order valence-electron chi connectivity index (χ4n) is 5.41. The zero-order valence-corrected chi connectivity index (χ0v) is 20.1. The van der Waals surface area contributed by atoms with Gasteiger partial charge < -0.3 is 48.6 Å². The van der Waals surface area contributed by atoms with Crippen LogP contribution < -0.4 is 9.47 Å². The van der Waals surface area contributed by atoms with E-state index in [1.807, 2.05) is 0 Å². The lowest BCUT2D eigenvalue weighted by molar-refractivity contribution is -0.319. The van der Waals surface area contributed by atoms with Gasteiger partial charge in [-0.25, -0.2) is 0 Å². The average molecular weight is 510 g/mol. The highest BCUT2D eigenvalue weighted by Crippen LogP contribution is 2.41. The molecule has 8 atom stereocenters. The summed E-state index contributed by atoms with van der Waals surface area (Å²) in [5.41, 5.74) is 1.51. The van der Waals surface area contributed by atoms with Gasteiger partial charge in [-0.05, 0) is 29.7 Å². The highest BCUT2D eigenvalue weighted by atomic mass is 16.7. The zero-order chi connectivity index (χ0) is 25.6. The summed E-state index contributed by atoms with van der Waals surface area (Å²) in [5.74, 6) is -0.292. The number of methoxy groups -OCH3 is 2. The zero-order valence-electron chi connectivity index (χ0n) is 20.1. The Labute approximate surface area is 207 Å². The van der Waals surface area contributed by atoms with Crippen LogP contribution in [0.4, 0.5) is 0 Å². The second-order valence-corrected chi connectivity index (χ2v) is 9.47. The van der Waals surface area contributed by atoms with Crippen LogP contribution in [-0.2, 0) is 35.1 Å². The van der Waals surface area contributed by atoms with E-state index in [1.54, 1.807) is 12.1 Å². The number of rotatable bonds is 5. The molecule has 1 amide bonds. The van der Waals surface area contributed by atoms with E-state index in [4.69, 9.17) is 28.4 Å². The second-order valence-electron chi connectivity index (χ2n) is 9.47. The Morgan fingerprint density at radius 2 is 1.83 bits per heavy atom. The molecule has 0 aliphatic carbocycles. The van der Waals surface area contributed by atoms with E-state index >= 15 is 0 Å². The molecule has 36 heavy (non-hydrogen) atoms. The number of ether oxygens (including phenoxy) is 6. The highest BCUT2D eigenvalue weighted by molar-refractivity contribution is 5.90. The maximum atomic E-state index is 13.5. The number of fused-ring (bicyclic) bond motifs is 6. The molecule has 5 rings (SSSR count). The summed E-state index contributed by atoms with van der Waals surface area (Å²) in [6.07, 6.45) is -8.94. The molecule has 1 aromatic carbocycles. The molecule has 2 bridgehead atoms. The SMILES string of the molecule is COC[C@H]1O[C@H](O[C@@H]2CC(=O)[C@@H]3CCN(Cc4cc5c(cc43)OCO5)C(=O)[C@H]2O)[C@@H](O)[C@@H](O)[C@@H]1OC. The van der Waals surface area contributed by atoms with Gasteiger partial charge in [0.05, 0.1) is 6.61 Å². The van der Waals surface area contributed by atoms with Gasteiger partial charge in [-0.2, -0.15) is 0 Å². The molecular formula is C24H31NO11. The molecule has 0 saturated carbocycles. The second kappa shape index (κ2) is 10.2. The lowest BCUT2D eigenvalue weighted by atomic mass is 9.86. The summed E-state index contributed by atoms with van der Waals surface area (Å²) in [5, 5.41) is 32.2. The Kier molecular flexibility index (Phi) is 7.18. The van der Waals surface area contributed by atoms with Crippen LogP contribution in [-0.4, -0.2) is 109 Å². The first-order chi connectivity index (χ1) is 17.3. The van der Waals surface area contributed by atoms with Crippen LogP contribution in [0.1, 0.15) is 29.9 Å². The Morgan fingerprint density at radius 1 is 1.08 bits per heavy atom. The number of carbonyl (C=O) groups is 2. The van der Waals surface area contributed by atoms with Gasteiger partial charge in [-0.3, -0.25) is 9.59 Å². The van der Waals surface area contributed by atoms with Gasteiger partial charge >= 0.3 is 0 Å². The van der Waals surface area contributed by atoms with Crippen LogP contribution in [0.25, 0.3) is 0 Å². The van der Waals surface area contributed by atoms with Crippen molar-refractivity contribution in [3.8, 4) is 11.5 Å². The number of hydrogen-bond acceptors (Lipinski definition) is 11. The first-order valence-corrected chi connectivity index (χ1v) is 11.9. The van der Waals surface area contributed by atoms with Crippen molar-refractivity contribution in [1.82, 2.24) is 4.90 Å². The van der Waals surface area contributed by atoms with Gasteiger partial charge in [-0.15, -0.1) is 0 Å². The number of aliphatic hydroxyl groups excluding tert-OH is 3. The van der Waals surface area contributed by atoms with Crippen molar-refractivity contribution < 1.29 is 53.3 Å². The molecule has 4 aliphatic rings. The Bertz CT molecular complexity index is 1000. The van der Waals surface area contributed by atoms with E-state index in [0.29, 0.717) is 17.9 Å². The van der Waals surface area contributed by atoms with E-state index in [9.17, 15) is 24.9 Å². The highest BCUT2D eigenvalue weighted by Gasteiger charge is 2.48. The maximum Gasteiger partial charge on any atom is 0.254 e. The number of hydrogen-bond donors (Lipinski definition) is 3. The average Bonchev–Trinajstić information content (AvgIpc) is 3.24. The molecule has 3 N–H and O–H groups in total. The standard InChI is InChI=1S/C24H31NO11/c1-31-9-18-22(32-2)20(28)21(29)24(36-18)35-17-7-14(26)12-3-4-25(23(30)19(17)27)8-11-5-15-16(6-13(11)12)34-10-33-15/h5-6,12,17-22,24,27-29H,3-4,7-10H2,1-2H3/t12-,17-,18-,19+,20-,21+,22-,24+/m1/s1. The van der Waals surface area contributed by atoms with Crippen LogP contribution >= 0.6 is 0 Å². The van der Waals surface area contributed by atoms with E-state index in [0.717, 1.165) is 11.1 Å². The third kappa shape index (κ3) is 4.47. The molecule has 0 spiro atoms. The summed E-state index contributed by atoms with van der Waals surface area (Å²) in [4.78, 5) is 28.3. The molecule has 12 nitrogen and oxygen atoms in total. The summed E-state index contributed by atoms with van der Waals surface area (Å²) in [7, 11) is 2.81. The van der Waals surface area contributed by atoms with Crippen molar-refractivity contribution in [2.45, 2.75) is 68.2 Å². The number of Topliss-reactive ketones (excluding diaryl/α,β-unsaturated/α-hetero) is 1. The summed E-state index contributed by atoms with van der Waals surface area (Å²) >= 11 is 0. The molecule has 4 aliphatic heterocycles. The van der Waals surface area contributed by atoms with Crippen molar-refractivity contribution in [2.24, 2.45) is 0 Å². The maximum absolute atomic E-state index is 13.5. The summed E-state index contributed by atoms with van der Waals surface area (Å²) < 4.78 is 33.0. The minimum absolute atomic E-state index is 0.0377. The van der Waals surface area contributed by atoms with Gasteiger partial charge in [0, 0.05) is 39.6 Å². The lowest BCUT2D eigenvalue weighted by Crippen LogP contribution is -2.61. The van der Waals surface area contributed by atoms with Crippen LogP contribution in [0.2, 0.25) is 0 Å². The monoisotopic (exact) mass is 509 g/mol. The van der Waals surface area contributed by atoms with Gasteiger partial charge in [0.25, 0.3) is 5.91 Å². The lowest BCUT2D eigenvalue weighted by Gasteiger charge is -2.43. The predicted octanol–water partition coefficient (Wildman–Crippen LogP) is -0.942. The quantitative estimate of drug-likeness (QED) is 0.451. The van der Waals surface area contributed by atoms with E-state index in [1.165, 1.54) is 19.1 Å². The van der Waals surface area contributed by atoms with Crippen LogP contribution in [0.15, 0.2) is 12.1 Å². The van der Waals surface area contributed by atoms with Crippen molar-refractivity contribution >= 4 is 11.7 Å². The van der Waals surface area contributed by atoms with Crippen LogP contribution in [0.3, 0.4) is 0 Å². The van der Waals surface area contributed by atoms with Gasteiger partial charge in [0.1, 0.15) is 36.3 Å².